The van der Waals surface area contributed by atoms with E-state index in [1.54, 1.807) is 11.3 Å². The van der Waals surface area contributed by atoms with Gasteiger partial charge < -0.3 is 5.32 Å². The van der Waals surface area contributed by atoms with E-state index in [0.717, 1.165) is 4.47 Å². The maximum absolute atomic E-state index is 5.96. The monoisotopic (exact) mass is 333 g/mol. The second-order valence-electron chi connectivity index (χ2n) is 3.12. The summed E-state index contributed by atoms with van der Waals surface area (Å²) in [4.78, 5) is 9.18. The Balaban J connectivity index is 2.07. The SMILES string of the molecule is NNc1ncc(Cl)c(NCc2cc(Br)cs2)n1. The molecule has 2 heterocycles. The smallest absolute Gasteiger partial charge is 0.239 e. The van der Waals surface area contributed by atoms with E-state index in [-0.39, 0.29) is 0 Å². The lowest BCUT2D eigenvalue weighted by molar-refractivity contribution is 1.08. The molecule has 2 rings (SSSR count). The standard InChI is InChI=1S/C9H9BrClN5S/c10-5-1-6(17-4-5)2-13-8-7(11)3-14-9(15-8)16-12/h1,3-4H,2,12H2,(H2,13,14,15,16). The molecule has 17 heavy (non-hydrogen) atoms. The quantitative estimate of drug-likeness (QED) is 0.592. The van der Waals surface area contributed by atoms with Gasteiger partial charge in [-0.05, 0) is 22.0 Å². The molecular weight excluding hydrogens is 326 g/mol. The van der Waals surface area contributed by atoms with Crippen molar-refractivity contribution in [3.05, 3.63) is 32.0 Å². The van der Waals surface area contributed by atoms with E-state index in [1.165, 1.54) is 11.1 Å². The molecule has 0 aliphatic rings. The minimum atomic E-state index is 0.323. The van der Waals surface area contributed by atoms with Crippen molar-refractivity contribution in [2.45, 2.75) is 6.54 Å². The van der Waals surface area contributed by atoms with Gasteiger partial charge in [0.1, 0.15) is 5.02 Å². The number of rotatable bonds is 4. The van der Waals surface area contributed by atoms with Gasteiger partial charge in [-0.3, -0.25) is 5.43 Å². The van der Waals surface area contributed by atoms with Gasteiger partial charge in [0.15, 0.2) is 5.82 Å². The normalized spacial score (nSPS) is 10.3. The number of hydrogen-bond donors (Lipinski definition) is 3. The lowest BCUT2D eigenvalue weighted by atomic mass is 10.4. The number of nitrogen functional groups attached to an aromatic ring is 1. The van der Waals surface area contributed by atoms with Crippen LogP contribution >= 0.6 is 38.9 Å². The van der Waals surface area contributed by atoms with Crippen LogP contribution in [0.25, 0.3) is 0 Å². The molecule has 2 aromatic rings. The third kappa shape index (κ3) is 3.29. The first kappa shape index (κ1) is 12.6. The molecular formula is C9H9BrClN5S. The van der Waals surface area contributed by atoms with Gasteiger partial charge in [0.05, 0.1) is 12.7 Å². The fourth-order valence-corrected chi connectivity index (χ4v) is 2.73. The average Bonchev–Trinajstić information content (AvgIpc) is 2.74. The molecule has 5 nitrogen and oxygen atoms in total. The summed E-state index contributed by atoms with van der Waals surface area (Å²) in [7, 11) is 0. The molecule has 2 aromatic heterocycles. The molecule has 0 bridgehead atoms. The van der Waals surface area contributed by atoms with Crippen LogP contribution in [0.1, 0.15) is 4.88 Å². The summed E-state index contributed by atoms with van der Waals surface area (Å²) in [6, 6.07) is 2.04. The Morgan fingerprint density at radius 3 is 3.00 bits per heavy atom. The molecule has 0 saturated carbocycles. The molecule has 0 radical (unpaired) electrons. The van der Waals surface area contributed by atoms with Crippen LogP contribution in [0.15, 0.2) is 22.1 Å². The number of thiophene rings is 1. The lowest BCUT2D eigenvalue weighted by Crippen LogP contribution is -2.12. The van der Waals surface area contributed by atoms with Gasteiger partial charge >= 0.3 is 0 Å². The van der Waals surface area contributed by atoms with Crippen molar-refractivity contribution in [2.24, 2.45) is 5.84 Å². The molecule has 0 fully saturated rings. The number of anilines is 2. The highest BCUT2D eigenvalue weighted by molar-refractivity contribution is 9.10. The second kappa shape index (κ2) is 5.63. The molecule has 0 aliphatic heterocycles. The highest BCUT2D eigenvalue weighted by Gasteiger charge is 2.05. The Morgan fingerprint density at radius 1 is 1.53 bits per heavy atom. The van der Waals surface area contributed by atoms with E-state index in [1.807, 2.05) is 11.4 Å². The van der Waals surface area contributed by atoms with Gasteiger partial charge in [0.2, 0.25) is 5.95 Å². The zero-order valence-corrected chi connectivity index (χ0v) is 11.7. The van der Waals surface area contributed by atoms with E-state index >= 15 is 0 Å². The number of nitrogens with two attached hydrogens (primary N) is 1. The number of nitrogens with zero attached hydrogens (tertiary/aromatic N) is 2. The summed E-state index contributed by atoms with van der Waals surface area (Å²) in [6.45, 7) is 0.650. The van der Waals surface area contributed by atoms with Crippen LogP contribution in [0.2, 0.25) is 5.02 Å². The van der Waals surface area contributed by atoms with Gasteiger partial charge in [0, 0.05) is 14.7 Å². The third-order valence-corrected chi connectivity index (χ3v) is 3.90. The van der Waals surface area contributed by atoms with Crippen molar-refractivity contribution >= 4 is 50.6 Å². The van der Waals surface area contributed by atoms with Gasteiger partial charge in [0.25, 0.3) is 0 Å². The summed E-state index contributed by atoms with van der Waals surface area (Å²) in [5.41, 5.74) is 2.37. The average molecular weight is 335 g/mol. The third-order valence-electron chi connectivity index (χ3n) is 1.93. The van der Waals surface area contributed by atoms with Crippen LogP contribution in [-0.2, 0) is 6.54 Å². The van der Waals surface area contributed by atoms with Crippen molar-refractivity contribution in [3.8, 4) is 0 Å². The second-order valence-corrected chi connectivity index (χ2v) is 5.44. The summed E-state index contributed by atoms with van der Waals surface area (Å²) in [5, 5.41) is 5.61. The number of halogens is 2. The van der Waals surface area contributed by atoms with Crippen molar-refractivity contribution < 1.29 is 0 Å². The summed E-state index contributed by atoms with van der Waals surface area (Å²) >= 11 is 11.0. The molecule has 4 N–H and O–H groups in total. The summed E-state index contributed by atoms with van der Waals surface area (Å²) in [5.74, 6) is 6.11. The summed E-state index contributed by atoms with van der Waals surface area (Å²) in [6.07, 6.45) is 1.50. The molecule has 0 aromatic carbocycles. The van der Waals surface area contributed by atoms with E-state index in [2.05, 4.69) is 36.6 Å². The Morgan fingerprint density at radius 2 is 2.35 bits per heavy atom. The van der Waals surface area contributed by atoms with Crippen LogP contribution in [0.4, 0.5) is 11.8 Å². The number of hydrazine groups is 1. The molecule has 0 aliphatic carbocycles. The summed E-state index contributed by atoms with van der Waals surface area (Å²) < 4.78 is 1.07. The zero-order valence-electron chi connectivity index (χ0n) is 8.58. The van der Waals surface area contributed by atoms with Gasteiger partial charge in [-0.25, -0.2) is 10.8 Å². The Kier molecular flexibility index (Phi) is 4.16. The van der Waals surface area contributed by atoms with E-state index in [9.17, 15) is 0 Å². The fraction of sp³-hybridized carbons (Fsp3) is 0.111. The molecule has 0 unspecified atom stereocenters. The zero-order chi connectivity index (χ0) is 12.3. The number of aromatic nitrogens is 2. The fourth-order valence-electron chi connectivity index (χ4n) is 1.18. The Bertz CT molecular complexity index is 518. The minimum Gasteiger partial charge on any atom is -0.364 e. The Labute approximate surface area is 116 Å². The molecule has 0 atom stereocenters. The van der Waals surface area contributed by atoms with Crippen molar-refractivity contribution in [1.29, 1.82) is 0 Å². The van der Waals surface area contributed by atoms with Crippen LogP contribution < -0.4 is 16.6 Å². The number of hydrogen-bond acceptors (Lipinski definition) is 6. The largest absolute Gasteiger partial charge is 0.364 e. The maximum Gasteiger partial charge on any atom is 0.239 e. The molecule has 8 heteroatoms. The first-order valence-electron chi connectivity index (χ1n) is 4.65. The molecule has 90 valence electrons. The lowest BCUT2D eigenvalue weighted by Gasteiger charge is -2.07. The van der Waals surface area contributed by atoms with E-state index < -0.39 is 0 Å². The van der Waals surface area contributed by atoms with Crippen LogP contribution in [0, 0.1) is 0 Å². The molecule has 0 amide bonds. The van der Waals surface area contributed by atoms with Crippen LogP contribution in [0.5, 0.6) is 0 Å². The van der Waals surface area contributed by atoms with Crippen molar-refractivity contribution in [2.75, 3.05) is 10.7 Å². The van der Waals surface area contributed by atoms with E-state index in [4.69, 9.17) is 17.4 Å². The predicted octanol–water partition coefficient (Wildman–Crippen LogP) is 2.85. The van der Waals surface area contributed by atoms with Crippen LogP contribution in [-0.4, -0.2) is 9.97 Å². The first-order chi connectivity index (χ1) is 8.19. The molecule has 0 saturated heterocycles. The van der Waals surface area contributed by atoms with Crippen LogP contribution in [0.3, 0.4) is 0 Å². The topological polar surface area (TPSA) is 75.9 Å². The Hall–Kier alpha value is -0.890. The highest BCUT2D eigenvalue weighted by Crippen LogP contribution is 2.23. The van der Waals surface area contributed by atoms with Crippen molar-refractivity contribution in [1.82, 2.24) is 9.97 Å². The maximum atomic E-state index is 5.96. The molecule has 0 spiro atoms. The van der Waals surface area contributed by atoms with Gasteiger partial charge in [-0.1, -0.05) is 11.6 Å². The highest BCUT2D eigenvalue weighted by atomic mass is 79.9. The minimum absolute atomic E-state index is 0.323. The van der Waals surface area contributed by atoms with Gasteiger partial charge in [-0.15, -0.1) is 11.3 Å². The van der Waals surface area contributed by atoms with Gasteiger partial charge in [-0.2, -0.15) is 4.98 Å². The van der Waals surface area contributed by atoms with E-state index in [0.29, 0.717) is 23.3 Å². The van der Waals surface area contributed by atoms with Crippen molar-refractivity contribution in [3.63, 3.8) is 0 Å². The number of nitrogens with one attached hydrogen (secondary N) is 2. The predicted molar refractivity (Wildman–Crippen MR) is 74.2 cm³/mol. The first-order valence-corrected chi connectivity index (χ1v) is 6.70.